The highest BCUT2D eigenvalue weighted by molar-refractivity contribution is 7.20. The lowest BCUT2D eigenvalue weighted by atomic mass is 9.94. The van der Waals surface area contributed by atoms with Gasteiger partial charge in [0.25, 0.3) is 5.19 Å². The average molecular weight is 529 g/mol. The van der Waals surface area contributed by atoms with E-state index in [-0.39, 0.29) is 17.2 Å². The maximum absolute atomic E-state index is 11.3. The summed E-state index contributed by atoms with van der Waals surface area (Å²) < 4.78 is 18.7. The number of aromatic nitrogens is 1. The molecule has 0 aliphatic carbocycles. The fraction of sp³-hybridized carbons (Fsp3) is 0.567. The van der Waals surface area contributed by atoms with Gasteiger partial charge >= 0.3 is 0 Å². The minimum Gasteiger partial charge on any atom is -0.494 e. The zero-order valence-electron chi connectivity index (χ0n) is 23.7. The van der Waals surface area contributed by atoms with Crippen LogP contribution in [-0.4, -0.2) is 40.5 Å². The number of thiazole rings is 1. The first-order chi connectivity index (χ1) is 17.3. The molecule has 2 N–H and O–H groups in total. The molecule has 0 saturated heterocycles. The molecular weight excluding hydrogens is 484 g/mol. The number of β-amino-alcohol motifs (C(OH)–C–C–N with tert-alkyl or cyclic N) is 1. The number of nitrogens with one attached hydrogen (secondary N) is 1. The first kappa shape index (κ1) is 29.2. The zero-order chi connectivity index (χ0) is 27.2. The van der Waals surface area contributed by atoms with Crippen LogP contribution in [0.15, 0.2) is 36.4 Å². The van der Waals surface area contributed by atoms with Crippen LogP contribution in [0.2, 0.25) is 0 Å². The van der Waals surface area contributed by atoms with Gasteiger partial charge in [0.1, 0.15) is 17.1 Å². The van der Waals surface area contributed by atoms with Gasteiger partial charge in [0.15, 0.2) is 0 Å². The van der Waals surface area contributed by atoms with Gasteiger partial charge in [-0.25, -0.2) is 4.98 Å². The van der Waals surface area contributed by atoms with Crippen LogP contribution in [0.25, 0.3) is 10.2 Å². The fourth-order valence-electron chi connectivity index (χ4n) is 4.02. The molecule has 0 aliphatic heterocycles. The van der Waals surface area contributed by atoms with Crippen molar-refractivity contribution in [3.05, 3.63) is 47.5 Å². The Balaban J connectivity index is 1.73. The van der Waals surface area contributed by atoms with Crippen LogP contribution < -0.4 is 19.5 Å². The van der Waals surface area contributed by atoms with Crippen LogP contribution in [0.4, 0.5) is 0 Å². The summed E-state index contributed by atoms with van der Waals surface area (Å²) in [6, 6.07) is 12.2. The minimum absolute atomic E-state index is 0.0265. The average Bonchev–Trinajstić information content (AvgIpc) is 3.18. The molecule has 1 aromatic heterocycles. The van der Waals surface area contributed by atoms with E-state index in [2.05, 4.69) is 43.2 Å². The normalized spacial score (nSPS) is 13.2. The predicted molar refractivity (Wildman–Crippen MR) is 153 cm³/mol. The Morgan fingerprint density at radius 2 is 1.73 bits per heavy atom. The van der Waals surface area contributed by atoms with Crippen LogP contribution in [-0.2, 0) is 6.42 Å². The molecule has 37 heavy (non-hydrogen) atoms. The predicted octanol–water partition coefficient (Wildman–Crippen LogP) is 7.08. The number of hydrogen-bond acceptors (Lipinski definition) is 7. The molecule has 1 atom stereocenters. The van der Waals surface area contributed by atoms with Crippen molar-refractivity contribution in [1.82, 2.24) is 10.3 Å². The zero-order valence-corrected chi connectivity index (χ0v) is 24.5. The minimum atomic E-state index is -0.730. The molecular formula is C30H44N2O4S. The van der Waals surface area contributed by atoms with E-state index in [1.807, 2.05) is 58.9 Å². The van der Waals surface area contributed by atoms with Crippen LogP contribution in [0.3, 0.4) is 0 Å². The molecule has 0 bridgehead atoms. The number of unbranched alkanes of at least 4 members (excludes halogenated alkanes) is 1. The lowest BCUT2D eigenvalue weighted by molar-refractivity contribution is 0.129. The molecule has 3 aromatic rings. The smallest absolute Gasteiger partial charge is 0.274 e. The Morgan fingerprint density at radius 3 is 2.35 bits per heavy atom. The van der Waals surface area contributed by atoms with Gasteiger partial charge in [-0.15, -0.1) is 0 Å². The molecule has 3 rings (SSSR count). The van der Waals surface area contributed by atoms with Crippen molar-refractivity contribution in [2.24, 2.45) is 0 Å². The van der Waals surface area contributed by atoms with E-state index >= 15 is 0 Å². The Morgan fingerprint density at radius 1 is 1.03 bits per heavy atom. The first-order valence-corrected chi connectivity index (χ1v) is 14.1. The molecule has 0 aliphatic rings. The standard InChI is InChI=1S/C30H44N2O4S/c1-9-10-15-34-22-13-11-21(12-14-22)18-30(7,8)31-19-26(33)24-16-23(36-29(4,5)6)17-25-27(24)37-28(32-25)35-20(2)3/h11-14,16-17,20,26,31,33H,9-10,15,18-19H2,1-8H3/t26-/m0/s1. The summed E-state index contributed by atoms with van der Waals surface area (Å²) in [4.78, 5) is 4.66. The molecule has 1 heterocycles. The number of aliphatic hydroxyl groups is 1. The highest BCUT2D eigenvalue weighted by Crippen LogP contribution is 2.38. The molecule has 204 valence electrons. The van der Waals surface area contributed by atoms with E-state index < -0.39 is 6.10 Å². The van der Waals surface area contributed by atoms with Gasteiger partial charge < -0.3 is 24.6 Å². The second-order valence-electron chi connectivity index (χ2n) is 11.5. The van der Waals surface area contributed by atoms with E-state index in [4.69, 9.17) is 14.2 Å². The van der Waals surface area contributed by atoms with Crippen molar-refractivity contribution >= 4 is 21.6 Å². The van der Waals surface area contributed by atoms with E-state index in [1.165, 1.54) is 16.9 Å². The first-order valence-electron chi connectivity index (χ1n) is 13.3. The van der Waals surface area contributed by atoms with Crippen LogP contribution in [0.1, 0.15) is 85.5 Å². The van der Waals surface area contributed by atoms with Gasteiger partial charge in [0.2, 0.25) is 0 Å². The van der Waals surface area contributed by atoms with Crippen LogP contribution in [0, 0.1) is 0 Å². The van der Waals surface area contributed by atoms with Crippen molar-refractivity contribution in [3.63, 3.8) is 0 Å². The Kier molecular flexibility index (Phi) is 9.84. The van der Waals surface area contributed by atoms with Crippen LogP contribution >= 0.6 is 11.3 Å². The number of nitrogens with zero attached hydrogens (tertiary/aromatic N) is 1. The van der Waals surface area contributed by atoms with Gasteiger partial charge in [-0.3, -0.25) is 0 Å². The SMILES string of the molecule is CCCCOc1ccc(CC(C)(C)NC[C@H](O)c2cc(OC(C)(C)C)cc3nc(OC(C)C)sc23)cc1. The number of aliphatic hydroxyl groups excluding tert-OH is 1. The summed E-state index contributed by atoms with van der Waals surface area (Å²) in [6.07, 6.45) is 2.31. The molecule has 0 amide bonds. The molecule has 7 heteroatoms. The third-order valence-corrected chi connectivity index (χ3v) is 6.71. The Hall–Kier alpha value is -2.35. The van der Waals surface area contributed by atoms with Gasteiger partial charge in [-0.2, -0.15) is 0 Å². The number of benzene rings is 2. The highest BCUT2D eigenvalue weighted by atomic mass is 32.1. The molecule has 0 fully saturated rings. The number of ether oxygens (including phenoxy) is 3. The van der Waals surface area contributed by atoms with E-state index in [0.29, 0.717) is 17.5 Å². The van der Waals surface area contributed by atoms with Gasteiger partial charge in [0.05, 0.1) is 29.0 Å². The third kappa shape index (κ3) is 9.16. The quantitative estimate of drug-likeness (QED) is 0.231. The van der Waals surface area contributed by atoms with Crippen molar-refractivity contribution in [3.8, 4) is 16.7 Å². The summed E-state index contributed by atoms with van der Waals surface area (Å²) >= 11 is 1.46. The maximum Gasteiger partial charge on any atom is 0.274 e. The third-order valence-electron chi connectivity index (χ3n) is 5.70. The molecule has 0 unspecified atom stereocenters. The molecule has 0 radical (unpaired) electrons. The summed E-state index contributed by atoms with van der Waals surface area (Å²) in [6.45, 7) is 17.6. The van der Waals surface area contributed by atoms with Crippen molar-refractivity contribution in [1.29, 1.82) is 0 Å². The van der Waals surface area contributed by atoms with Crippen LogP contribution in [0.5, 0.6) is 16.7 Å². The van der Waals surface area contributed by atoms with Gasteiger partial charge in [0, 0.05) is 23.7 Å². The monoisotopic (exact) mass is 528 g/mol. The Bertz CT molecular complexity index is 1130. The summed E-state index contributed by atoms with van der Waals surface area (Å²) in [5, 5.41) is 15.5. The van der Waals surface area contributed by atoms with Crippen molar-refractivity contribution in [2.75, 3.05) is 13.2 Å². The lowest BCUT2D eigenvalue weighted by Crippen LogP contribution is -2.43. The summed E-state index contributed by atoms with van der Waals surface area (Å²) in [7, 11) is 0. The highest BCUT2D eigenvalue weighted by Gasteiger charge is 2.24. The molecule has 6 nitrogen and oxygen atoms in total. The van der Waals surface area contributed by atoms with E-state index in [0.717, 1.165) is 47.4 Å². The largest absolute Gasteiger partial charge is 0.494 e. The topological polar surface area (TPSA) is 72.8 Å². The number of rotatable bonds is 13. The molecule has 2 aromatic carbocycles. The van der Waals surface area contributed by atoms with E-state index in [9.17, 15) is 5.11 Å². The summed E-state index contributed by atoms with van der Waals surface area (Å²) in [5.74, 6) is 1.60. The number of hydrogen-bond donors (Lipinski definition) is 2. The van der Waals surface area contributed by atoms with Gasteiger partial charge in [-0.05, 0) is 85.1 Å². The van der Waals surface area contributed by atoms with Gasteiger partial charge in [-0.1, -0.05) is 36.8 Å². The molecule has 0 spiro atoms. The Labute approximate surface area is 226 Å². The van der Waals surface area contributed by atoms with E-state index in [1.54, 1.807) is 0 Å². The fourth-order valence-corrected chi connectivity index (χ4v) is 5.10. The second-order valence-corrected chi connectivity index (χ2v) is 12.5. The van der Waals surface area contributed by atoms with Crippen molar-refractivity contribution in [2.45, 2.75) is 98.0 Å². The van der Waals surface area contributed by atoms with Crippen molar-refractivity contribution < 1.29 is 19.3 Å². The summed E-state index contributed by atoms with van der Waals surface area (Å²) in [5.41, 5.74) is 2.21. The number of fused-ring (bicyclic) bond motifs is 1. The molecule has 0 saturated carbocycles. The second kappa shape index (κ2) is 12.5. The maximum atomic E-state index is 11.3. The lowest BCUT2D eigenvalue weighted by Gasteiger charge is -2.28.